The van der Waals surface area contributed by atoms with Gasteiger partial charge in [-0.2, -0.15) is 5.10 Å². The Kier molecular flexibility index (Phi) is 3.94. The summed E-state index contributed by atoms with van der Waals surface area (Å²) in [4.78, 5) is 10.3. The van der Waals surface area contributed by atoms with Crippen LogP contribution in [-0.4, -0.2) is 25.7 Å². The maximum Gasteiger partial charge on any atom is 0.270 e. The van der Waals surface area contributed by atoms with E-state index in [9.17, 15) is 10.1 Å². The molecule has 21 heavy (non-hydrogen) atoms. The number of nitrogens with two attached hydrogens (primary N) is 1. The molecule has 0 radical (unpaired) electrons. The molecule has 1 aromatic heterocycles. The summed E-state index contributed by atoms with van der Waals surface area (Å²) in [5, 5.41) is 27.0. The van der Waals surface area contributed by atoms with Crippen LogP contribution in [0.2, 0.25) is 0 Å². The number of nitro groups is 1. The molecule has 0 aliphatic carbocycles. The molecule has 2 rings (SSSR count). The monoisotopic (exact) mass is 353 g/mol. The van der Waals surface area contributed by atoms with Crippen LogP contribution in [0.1, 0.15) is 17.0 Å². The molecule has 9 heteroatoms. The largest absolute Gasteiger partial charge is 0.409 e. The van der Waals surface area contributed by atoms with Gasteiger partial charge in [0.1, 0.15) is 0 Å². The lowest BCUT2D eigenvalue weighted by Crippen LogP contribution is -2.17. The second kappa shape index (κ2) is 5.52. The fourth-order valence-corrected chi connectivity index (χ4v) is 2.19. The summed E-state index contributed by atoms with van der Waals surface area (Å²) < 4.78 is 2.41. The van der Waals surface area contributed by atoms with Crippen molar-refractivity contribution in [3.05, 3.63) is 49.7 Å². The topological polar surface area (TPSA) is 120 Å². The predicted octanol–water partition coefficient (Wildman–Crippen LogP) is 2.25. The Morgan fingerprint density at radius 1 is 1.52 bits per heavy atom. The fraction of sp³-hybridized carbons (Fsp3) is 0.167. The summed E-state index contributed by atoms with van der Waals surface area (Å²) in [6.45, 7) is 3.66. The highest BCUT2D eigenvalue weighted by atomic mass is 79.9. The fourth-order valence-electron chi connectivity index (χ4n) is 1.94. The van der Waals surface area contributed by atoms with Crippen LogP contribution < -0.4 is 5.73 Å². The minimum atomic E-state index is -0.547. The summed E-state index contributed by atoms with van der Waals surface area (Å²) in [7, 11) is 0. The molecule has 0 aliphatic heterocycles. The van der Waals surface area contributed by atoms with E-state index in [1.807, 2.05) is 13.8 Å². The zero-order valence-electron chi connectivity index (χ0n) is 11.2. The van der Waals surface area contributed by atoms with Gasteiger partial charge >= 0.3 is 0 Å². The predicted molar refractivity (Wildman–Crippen MR) is 79.9 cm³/mol. The summed E-state index contributed by atoms with van der Waals surface area (Å²) in [5.41, 5.74) is 7.74. The van der Waals surface area contributed by atoms with Crippen LogP contribution in [0.3, 0.4) is 0 Å². The number of rotatable bonds is 3. The van der Waals surface area contributed by atoms with Crippen molar-refractivity contribution in [2.24, 2.45) is 10.9 Å². The van der Waals surface area contributed by atoms with Gasteiger partial charge < -0.3 is 10.9 Å². The Morgan fingerprint density at radius 2 is 2.19 bits per heavy atom. The molecule has 2 aromatic rings. The number of aromatic nitrogens is 2. The molecule has 0 atom stereocenters. The highest BCUT2D eigenvalue weighted by molar-refractivity contribution is 9.10. The average Bonchev–Trinajstić information content (AvgIpc) is 2.73. The van der Waals surface area contributed by atoms with Gasteiger partial charge in [0, 0.05) is 12.1 Å². The lowest BCUT2D eigenvalue weighted by molar-refractivity contribution is -0.384. The highest BCUT2D eigenvalue weighted by Gasteiger charge is 2.18. The molecular weight excluding hydrogens is 342 g/mol. The number of hydrogen-bond acceptors (Lipinski definition) is 5. The van der Waals surface area contributed by atoms with Crippen molar-refractivity contribution in [1.29, 1.82) is 0 Å². The number of halogens is 1. The first-order valence-electron chi connectivity index (χ1n) is 5.85. The van der Waals surface area contributed by atoms with Gasteiger partial charge in [0.15, 0.2) is 5.84 Å². The number of oxime groups is 1. The molecule has 0 bridgehead atoms. The maximum atomic E-state index is 10.9. The van der Waals surface area contributed by atoms with Gasteiger partial charge in [-0.05, 0) is 35.8 Å². The van der Waals surface area contributed by atoms with Crippen molar-refractivity contribution in [1.82, 2.24) is 9.78 Å². The highest BCUT2D eigenvalue weighted by Crippen LogP contribution is 2.26. The average molecular weight is 354 g/mol. The number of nitro benzene ring substituents is 1. The first kappa shape index (κ1) is 15.0. The van der Waals surface area contributed by atoms with Crippen molar-refractivity contribution in [2.45, 2.75) is 13.8 Å². The number of benzene rings is 1. The first-order chi connectivity index (χ1) is 9.86. The van der Waals surface area contributed by atoms with E-state index >= 15 is 0 Å². The third-order valence-electron chi connectivity index (χ3n) is 3.01. The third-order valence-corrected chi connectivity index (χ3v) is 4.15. The van der Waals surface area contributed by atoms with Crippen molar-refractivity contribution < 1.29 is 10.1 Å². The van der Waals surface area contributed by atoms with Gasteiger partial charge in [-0.25, -0.2) is 4.68 Å². The van der Waals surface area contributed by atoms with E-state index in [0.29, 0.717) is 5.69 Å². The number of aryl methyl sites for hydroxylation is 1. The van der Waals surface area contributed by atoms with E-state index in [1.54, 1.807) is 4.68 Å². The zero-order chi connectivity index (χ0) is 15.7. The number of amidine groups is 1. The van der Waals surface area contributed by atoms with Gasteiger partial charge in [-0.15, -0.1) is 0 Å². The molecular formula is C12H12BrN5O3. The van der Waals surface area contributed by atoms with Crippen molar-refractivity contribution in [3.8, 4) is 5.69 Å². The molecule has 1 heterocycles. The molecule has 0 saturated heterocycles. The molecule has 110 valence electrons. The Labute approximate surface area is 128 Å². The molecule has 3 N–H and O–H groups in total. The molecule has 1 aromatic carbocycles. The van der Waals surface area contributed by atoms with Gasteiger partial charge in [-0.1, -0.05) is 5.16 Å². The van der Waals surface area contributed by atoms with Crippen LogP contribution in [-0.2, 0) is 0 Å². The first-order valence-corrected chi connectivity index (χ1v) is 6.64. The van der Waals surface area contributed by atoms with E-state index in [-0.39, 0.29) is 17.1 Å². The number of hydrogen-bond donors (Lipinski definition) is 2. The molecule has 0 spiro atoms. The van der Waals surface area contributed by atoms with Crippen molar-refractivity contribution >= 4 is 27.5 Å². The summed E-state index contributed by atoms with van der Waals surface area (Å²) in [6.07, 6.45) is 0. The Balaban J connectivity index is 2.73. The van der Waals surface area contributed by atoms with E-state index in [0.717, 1.165) is 15.9 Å². The normalized spacial score (nSPS) is 11.7. The molecule has 0 fully saturated rings. The zero-order valence-corrected chi connectivity index (χ0v) is 12.8. The SMILES string of the molecule is Cc1nn(-c2ccc([N+](=O)[O-])cc2C(N)=NO)c(C)c1Br. The van der Waals surface area contributed by atoms with E-state index in [2.05, 4.69) is 26.2 Å². The van der Waals surface area contributed by atoms with Crippen LogP contribution in [0.15, 0.2) is 27.8 Å². The third kappa shape index (κ3) is 2.59. The van der Waals surface area contributed by atoms with Crippen LogP contribution in [0.5, 0.6) is 0 Å². The molecule has 0 aliphatic rings. The minimum absolute atomic E-state index is 0.152. The maximum absolute atomic E-state index is 10.9. The lowest BCUT2D eigenvalue weighted by Gasteiger charge is -2.10. The summed E-state index contributed by atoms with van der Waals surface area (Å²) in [5.74, 6) is -0.225. The molecule has 0 saturated carbocycles. The number of nitrogens with zero attached hydrogens (tertiary/aromatic N) is 4. The standard InChI is InChI=1S/C12H12BrN5O3/c1-6-11(13)7(2)17(15-6)10-4-3-8(18(20)21)5-9(10)12(14)16-19/h3-5,19H,1-2H3,(H2,14,16). The van der Waals surface area contributed by atoms with Crippen LogP contribution >= 0.6 is 15.9 Å². The van der Waals surface area contributed by atoms with E-state index < -0.39 is 4.92 Å². The summed E-state index contributed by atoms with van der Waals surface area (Å²) >= 11 is 3.41. The Bertz CT molecular complexity index is 754. The van der Waals surface area contributed by atoms with Crippen LogP contribution in [0.25, 0.3) is 5.69 Å². The Morgan fingerprint density at radius 3 is 2.67 bits per heavy atom. The lowest BCUT2D eigenvalue weighted by atomic mass is 10.1. The number of non-ortho nitro benzene ring substituents is 1. The van der Waals surface area contributed by atoms with Crippen molar-refractivity contribution in [3.63, 3.8) is 0 Å². The second-order valence-corrected chi connectivity index (χ2v) is 5.13. The van der Waals surface area contributed by atoms with Gasteiger partial charge in [0.2, 0.25) is 0 Å². The molecule has 0 amide bonds. The quantitative estimate of drug-likeness (QED) is 0.288. The van der Waals surface area contributed by atoms with E-state index in [4.69, 9.17) is 10.9 Å². The van der Waals surface area contributed by atoms with Crippen molar-refractivity contribution in [2.75, 3.05) is 0 Å². The van der Waals surface area contributed by atoms with Gasteiger partial charge in [0.25, 0.3) is 5.69 Å². The second-order valence-electron chi connectivity index (χ2n) is 4.34. The minimum Gasteiger partial charge on any atom is -0.409 e. The summed E-state index contributed by atoms with van der Waals surface area (Å²) in [6, 6.07) is 4.10. The van der Waals surface area contributed by atoms with Crippen LogP contribution in [0.4, 0.5) is 5.69 Å². The van der Waals surface area contributed by atoms with Gasteiger partial charge in [-0.3, -0.25) is 10.1 Å². The molecule has 0 unspecified atom stereocenters. The van der Waals surface area contributed by atoms with Crippen LogP contribution in [0, 0.1) is 24.0 Å². The molecule has 8 nitrogen and oxygen atoms in total. The smallest absolute Gasteiger partial charge is 0.270 e. The Hall–Kier alpha value is -2.42. The van der Waals surface area contributed by atoms with E-state index in [1.165, 1.54) is 18.2 Å². The van der Waals surface area contributed by atoms with Gasteiger partial charge in [0.05, 0.1) is 32.0 Å².